The van der Waals surface area contributed by atoms with Gasteiger partial charge in [0, 0.05) is 16.1 Å². The Kier molecular flexibility index (Phi) is 5.04. The summed E-state index contributed by atoms with van der Waals surface area (Å²) in [6, 6.07) is 11.4. The first-order chi connectivity index (χ1) is 10.2. The van der Waals surface area contributed by atoms with Crippen LogP contribution in [0.4, 0.5) is 5.69 Å². The van der Waals surface area contributed by atoms with Crippen LogP contribution in [0.2, 0.25) is 0 Å². The average Bonchev–Trinajstić information content (AvgIpc) is 3.07. The minimum absolute atomic E-state index is 0. The SMILES string of the molecule is Cl.Nc1cccc(C#Cc2ccc(Cn3cn[nH]c3=O)s2)c1. The van der Waals surface area contributed by atoms with E-state index >= 15 is 0 Å². The lowest BCUT2D eigenvalue weighted by molar-refractivity contribution is 0.772. The highest BCUT2D eigenvalue weighted by Gasteiger charge is 2.02. The standard InChI is InChI=1S/C15H12N4OS.ClH/c16-12-3-1-2-11(8-12)4-5-13-6-7-14(21-13)9-19-10-17-18-15(19)20;/h1-3,6-8,10H,9,16H2,(H,18,20);1H. The molecule has 0 saturated heterocycles. The number of nitrogen functional groups attached to an aromatic ring is 1. The summed E-state index contributed by atoms with van der Waals surface area (Å²) in [5.41, 5.74) is 7.09. The molecule has 3 rings (SSSR count). The largest absolute Gasteiger partial charge is 0.399 e. The minimum Gasteiger partial charge on any atom is -0.399 e. The topological polar surface area (TPSA) is 76.7 Å². The third-order valence-electron chi connectivity index (χ3n) is 2.82. The maximum Gasteiger partial charge on any atom is 0.343 e. The maximum absolute atomic E-state index is 11.4. The van der Waals surface area contributed by atoms with Crippen molar-refractivity contribution < 1.29 is 0 Å². The Morgan fingerprint density at radius 3 is 2.86 bits per heavy atom. The summed E-state index contributed by atoms with van der Waals surface area (Å²) in [5.74, 6) is 6.18. The van der Waals surface area contributed by atoms with E-state index in [1.807, 2.05) is 36.4 Å². The van der Waals surface area contributed by atoms with Crippen molar-refractivity contribution in [2.75, 3.05) is 5.73 Å². The second-order valence-electron chi connectivity index (χ2n) is 4.43. The van der Waals surface area contributed by atoms with E-state index in [1.54, 1.807) is 11.3 Å². The van der Waals surface area contributed by atoms with Gasteiger partial charge in [-0.2, -0.15) is 5.10 Å². The number of nitrogens with one attached hydrogen (secondary N) is 1. The van der Waals surface area contributed by atoms with Gasteiger partial charge in [0.1, 0.15) is 6.33 Å². The number of nitrogens with zero attached hydrogens (tertiary/aromatic N) is 2. The van der Waals surface area contributed by atoms with E-state index < -0.39 is 0 Å². The van der Waals surface area contributed by atoms with Crippen LogP contribution in [0.15, 0.2) is 47.5 Å². The van der Waals surface area contributed by atoms with Crippen molar-refractivity contribution in [1.29, 1.82) is 0 Å². The lowest BCUT2D eigenvalue weighted by atomic mass is 10.2. The van der Waals surface area contributed by atoms with E-state index in [4.69, 9.17) is 5.73 Å². The first-order valence-electron chi connectivity index (χ1n) is 6.27. The third kappa shape index (κ3) is 3.79. The summed E-state index contributed by atoms with van der Waals surface area (Å²) < 4.78 is 1.51. The van der Waals surface area contributed by atoms with Crippen molar-refractivity contribution >= 4 is 29.4 Å². The van der Waals surface area contributed by atoms with Gasteiger partial charge in [-0.15, -0.1) is 23.7 Å². The van der Waals surface area contributed by atoms with Crippen molar-refractivity contribution in [3.63, 3.8) is 0 Å². The van der Waals surface area contributed by atoms with Gasteiger partial charge in [0.25, 0.3) is 0 Å². The fourth-order valence-corrected chi connectivity index (χ4v) is 2.69. The van der Waals surface area contributed by atoms with Gasteiger partial charge in [-0.05, 0) is 30.3 Å². The molecule has 0 aliphatic heterocycles. The van der Waals surface area contributed by atoms with Gasteiger partial charge in [-0.25, -0.2) is 9.89 Å². The molecule has 3 N–H and O–H groups in total. The number of hydrogen-bond acceptors (Lipinski definition) is 4. The number of nitrogens with two attached hydrogens (primary N) is 1. The Morgan fingerprint density at radius 2 is 2.14 bits per heavy atom. The Labute approximate surface area is 137 Å². The van der Waals surface area contributed by atoms with Crippen molar-refractivity contribution in [2.24, 2.45) is 0 Å². The van der Waals surface area contributed by atoms with Gasteiger partial charge in [0.15, 0.2) is 0 Å². The lowest BCUT2D eigenvalue weighted by Gasteiger charge is -1.94. The molecule has 7 heteroatoms. The van der Waals surface area contributed by atoms with Crippen LogP contribution in [0, 0.1) is 11.8 Å². The zero-order chi connectivity index (χ0) is 14.7. The molecular weight excluding hydrogens is 320 g/mol. The Morgan fingerprint density at radius 1 is 1.27 bits per heavy atom. The minimum atomic E-state index is -0.212. The number of rotatable bonds is 2. The maximum atomic E-state index is 11.4. The molecule has 0 saturated carbocycles. The van der Waals surface area contributed by atoms with Crippen molar-refractivity contribution in [3.8, 4) is 11.8 Å². The van der Waals surface area contributed by atoms with Crippen LogP contribution in [-0.2, 0) is 6.54 Å². The summed E-state index contributed by atoms with van der Waals surface area (Å²) >= 11 is 1.56. The molecule has 22 heavy (non-hydrogen) atoms. The molecule has 2 heterocycles. The molecule has 0 aliphatic carbocycles. The Balaban J connectivity index is 0.00000176. The van der Waals surface area contributed by atoms with Crippen LogP contribution in [0.1, 0.15) is 15.3 Å². The Hall–Kier alpha value is -2.49. The highest BCUT2D eigenvalue weighted by atomic mass is 35.5. The Bertz CT molecular complexity index is 884. The monoisotopic (exact) mass is 332 g/mol. The van der Waals surface area contributed by atoms with Crippen molar-refractivity contribution in [2.45, 2.75) is 6.54 Å². The number of anilines is 1. The fourth-order valence-electron chi connectivity index (χ4n) is 1.83. The molecule has 0 amide bonds. The van der Waals surface area contributed by atoms with Gasteiger partial charge >= 0.3 is 5.69 Å². The van der Waals surface area contributed by atoms with E-state index in [0.29, 0.717) is 12.2 Å². The highest BCUT2D eigenvalue weighted by Crippen LogP contribution is 2.16. The number of thiophene rings is 1. The number of halogens is 1. The molecule has 0 bridgehead atoms. The summed E-state index contributed by atoms with van der Waals surface area (Å²) in [6.07, 6.45) is 1.49. The van der Waals surface area contributed by atoms with Gasteiger partial charge in [0.2, 0.25) is 0 Å². The van der Waals surface area contributed by atoms with Gasteiger partial charge < -0.3 is 5.73 Å². The van der Waals surface area contributed by atoms with E-state index in [0.717, 1.165) is 15.3 Å². The van der Waals surface area contributed by atoms with Gasteiger partial charge in [0.05, 0.1) is 11.4 Å². The summed E-state index contributed by atoms with van der Waals surface area (Å²) in [4.78, 5) is 13.4. The number of aromatic amines is 1. The number of aromatic nitrogens is 3. The smallest absolute Gasteiger partial charge is 0.343 e. The quantitative estimate of drug-likeness (QED) is 0.557. The zero-order valence-electron chi connectivity index (χ0n) is 11.4. The lowest BCUT2D eigenvalue weighted by Crippen LogP contribution is -2.16. The van der Waals surface area contributed by atoms with E-state index in [-0.39, 0.29) is 18.1 Å². The van der Waals surface area contributed by atoms with E-state index in [2.05, 4.69) is 22.0 Å². The molecule has 0 radical (unpaired) electrons. The highest BCUT2D eigenvalue weighted by molar-refractivity contribution is 7.12. The molecule has 3 aromatic rings. The van der Waals surface area contributed by atoms with Crippen molar-refractivity contribution in [3.05, 3.63) is 68.5 Å². The molecule has 0 fully saturated rings. The molecule has 0 unspecified atom stereocenters. The van der Waals surface area contributed by atoms with Crippen molar-refractivity contribution in [1.82, 2.24) is 14.8 Å². The number of H-pyrrole nitrogens is 1. The normalized spacial score (nSPS) is 9.64. The van der Waals surface area contributed by atoms with Crippen LogP contribution in [0.3, 0.4) is 0 Å². The molecular formula is C15H13ClN4OS. The fraction of sp³-hybridized carbons (Fsp3) is 0.0667. The zero-order valence-corrected chi connectivity index (χ0v) is 13.1. The first-order valence-corrected chi connectivity index (χ1v) is 7.08. The first kappa shape index (κ1) is 15.9. The molecule has 0 aliphatic rings. The summed E-state index contributed by atoms with van der Waals surface area (Å²) in [7, 11) is 0. The van der Waals surface area contributed by atoms with E-state index in [1.165, 1.54) is 10.9 Å². The van der Waals surface area contributed by atoms with Gasteiger partial charge in [-0.3, -0.25) is 4.57 Å². The number of hydrogen-bond donors (Lipinski definition) is 2. The number of benzene rings is 1. The summed E-state index contributed by atoms with van der Waals surface area (Å²) in [6.45, 7) is 0.500. The molecule has 2 aromatic heterocycles. The van der Waals surface area contributed by atoms with Crippen LogP contribution in [0.25, 0.3) is 0 Å². The average molecular weight is 333 g/mol. The van der Waals surface area contributed by atoms with Crippen LogP contribution in [0.5, 0.6) is 0 Å². The van der Waals surface area contributed by atoms with E-state index in [9.17, 15) is 4.79 Å². The second kappa shape index (κ2) is 6.98. The molecule has 112 valence electrons. The molecule has 1 aromatic carbocycles. The molecule has 0 atom stereocenters. The molecule has 0 spiro atoms. The second-order valence-corrected chi connectivity index (χ2v) is 5.60. The predicted molar refractivity (Wildman–Crippen MR) is 90.4 cm³/mol. The summed E-state index contributed by atoms with van der Waals surface area (Å²) in [5, 5.41) is 6.07. The predicted octanol–water partition coefficient (Wildman–Crippen LogP) is 2.08. The van der Waals surface area contributed by atoms with Crippen LogP contribution < -0.4 is 11.4 Å². The third-order valence-corrected chi connectivity index (χ3v) is 3.81. The van der Waals surface area contributed by atoms with Crippen LogP contribution >= 0.6 is 23.7 Å². The van der Waals surface area contributed by atoms with Gasteiger partial charge in [-0.1, -0.05) is 17.9 Å². The molecule has 5 nitrogen and oxygen atoms in total. The van der Waals surface area contributed by atoms with Crippen LogP contribution in [-0.4, -0.2) is 14.8 Å².